The number of H-pyrrole nitrogens is 1. The van der Waals surface area contributed by atoms with Crippen LogP contribution in [0.1, 0.15) is 25.8 Å². The summed E-state index contributed by atoms with van der Waals surface area (Å²) in [6, 6.07) is 2.30. The normalized spacial score (nSPS) is 28.3. The van der Waals surface area contributed by atoms with Crippen LogP contribution >= 0.6 is 0 Å². The Bertz CT molecular complexity index is 1480. The largest absolute Gasteiger partial charge is 0.372 e. The van der Waals surface area contributed by atoms with Gasteiger partial charge in [0.25, 0.3) is 0 Å². The van der Waals surface area contributed by atoms with E-state index in [1.807, 2.05) is 6.92 Å². The van der Waals surface area contributed by atoms with Crippen LogP contribution in [0.5, 0.6) is 0 Å². The molecular weight excluding hydrogens is 461 g/mol. The molecule has 1 spiro atoms. The van der Waals surface area contributed by atoms with Crippen LogP contribution < -0.4 is 15.9 Å². The van der Waals surface area contributed by atoms with Crippen molar-refractivity contribution in [3.8, 4) is 11.4 Å². The van der Waals surface area contributed by atoms with Crippen LogP contribution in [-0.2, 0) is 25.5 Å². The van der Waals surface area contributed by atoms with Crippen LogP contribution in [0.15, 0.2) is 27.6 Å². The zero-order chi connectivity index (χ0) is 24.6. The SMILES string of the molecule is C[C@@H]1CN2c3c(cc4c(-c5ccnc(=O)[nH]5)noc4c3F)CC3(C(=O)CC(=O)NC3=O)[C@H]2[C@H](C)O1. The summed E-state index contributed by atoms with van der Waals surface area (Å²) in [7, 11) is 0. The van der Waals surface area contributed by atoms with Crippen LogP contribution in [0.2, 0.25) is 0 Å². The molecule has 2 aromatic heterocycles. The van der Waals surface area contributed by atoms with Crippen LogP contribution in [0.4, 0.5) is 10.1 Å². The summed E-state index contributed by atoms with van der Waals surface area (Å²) in [4.78, 5) is 58.2. The van der Waals surface area contributed by atoms with Crippen molar-refractivity contribution in [2.24, 2.45) is 5.41 Å². The van der Waals surface area contributed by atoms with E-state index in [4.69, 9.17) is 9.26 Å². The number of ether oxygens (including phenoxy) is 1. The molecule has 3 aliphatic rings. The van der Waals surface area contributed by atoms with Gasteiger partial charge in [-0.1, -0.05) is 5.16 Å². The number of carbonyl (C=O) groups excluding carboxylic acids is 3. The van der Waals surface area contributed by atoms with E-state index < -0.39 is 53.1 Å². The lowest BCUT2D eigenvalue weighted by Crippen LogP contribution is -2.72. The second-order valence-electron chi connectivity index (χ2n) is 9.27. The molecular formula is C23H20FN5O6. The number of rotatable bonds is 1. The first-order chi connectivity index (χ1) is 16.7. The molecule has 2 amide bonds. The minimum atomic E-state index is -1.64. The van der Waals surface area contributed by atoms with Crippen LogP contribution in [-0.4, -0.2) is 57.5 Å². The number of nitrogens with one attached hydrogen (secondary N) is 2. The van der Waals surface area contributed by atoms with Gasteiger partial charge in [-0.15, -0.1) is 0 Å². The Morgan fingerprint density at radius 2 is 2.03 bits per heavy atom. The second kappa shape index (κ2) is 7.28. The zero-order valence-corrected chi connectivity index (χ0v) is 18.8. The van der Waals surface area contributed by atoms with Crippen molar-refractivity contribution in [1.29, 1.82) is 0 Å². The van der Waals surface area contributed by atoms with E-state index in [1.54, 1.807) is 17.9 Å². The van der Waals surface area contributed by atoms with Gasteiger partial charge >= 0.3 is 5.69 Å². The number of halogens is 1. The van der Waals surface area contributed by atoms with E-state index in [9.17, 15) is 19.2 Å². The summed E-state index contributed by atoms with van der Waals surface area (Å²) in [5.74, 6) is -2.59. The standard InChI is InChI=1S/C23H20FN5O6/c1-9-8-29-18-11(7-23(20(29)10(2)34-9)14(30)6-15(31)27-21(23)32)5-12-17(28-35-19(12)16(18)24)13-3-4-25-22(33)26-13/h3-5,9-10,20H,6-8H2,1-2H3,(H,25,26,33)(H,27,31,32)/t9-,10+,20-,23?/m1/s1. The van der Waals surface area contributed by atoms with Crippen molar-refractivity contribution in [2.45, 2.75) is 44.9 Å². The molecule has 5 heterocycles. The van der Waals surface area contributed by atoms with E-state index in [0.29, 0.717) is 5.56 Å². The van der Waals surface area contributed by atoms with Crippen molar-refractivity contribution >= 4 is 34.3 Å². The zero-order valence-electron chi connectivity index (χ0n) is 18.8. The van der Waals surface area contributed by atoms with Gasteiger partial charge in [-0.05, 0) is 38.0 Å². The lowest BCUT2D eigenvalue weighted by molar-refractivity contribution is -0.158. The Labute approximate surface area is 196 Å². The highest BCUT2D eigenvalue weighted by atomic mass is 19.1. The maximum Gasteiger partial charge on any atom is 0.345 e. The maximum absolute atomic E-state index is 16.1. The molecule has 11 nitrogen and oxygen atoms in total. The number of morpholine rings is 1. The predicted molar refractivity (Wildman–Crippen MR) is 118 cm³/mol. The Hall–Kier alpha value is -3.93. The molecule has 3 aliphatic heterocycles. The number of ketones is 1. The molecule has 12 heteroatoms. The molecule has 2 N–H and O–H groups in total. The third kappa shape index (κ3) is 2.92. The molecule has 0 bridgehead atoms. The lowest BCUT2D eigenvalue weighted by Gasteiger charge is -2.55. The van der Waals surface area contributed by atoms with Gasteiger partial charge in [0.1, 0.15) is 11.1 Å². The fourth-order valence-electron chi connectivity index (χ4n) is 5.85. The minimum Gasteiger partial charge on any atom is -0.372 e. The molecule has 0 radical (unpaired) electrons. The molecule has 2 fully saturated rings. The monoisotopic (exact) mass is 481 g/mol. The van der Waals surface area contributed by atoms with Gasteiger partial charge < -0.3 is 19.1 Å². The number of imide groups is 1. The average Bonchev–Trinajstić information content (AvgIpc) is 3.21. The first-order valence-corrected chi connectivity index (χ1v) is 11.2. The first kappa shape index (κ1) is 21.6. The highest BCUT2D eigenvalue weighted by molar-refractivity contribution is 6.22. The number of carbonyl (C=O) groups is 3. The topological polar surface area (TPSA) is 147 Å². The number of fused-ring (bicyclic) bond motifs is 5. The fraction of sp³-hybridized carbons (Fsp3) is 0.391. The minimum absolute atomic E-state index is 0.118. The number of Topliss-reactive ketones (excluding diaryl/α,β-unsaturated/α-hetero) is 1. The van der Waals surface area contributed by atoms with Gasteiger partial charge in [-0.2, -0.15) is 0 Å². The van der Waals surface area contributed by atoms with E-state index in [1.165, 1.54) is 12.3 Å². The smallest absolute Gasteiger partial charge is 0.345 e. The number of hydrogen-bond acceptors (Lipinski definition) is 9. The van der Waals surface area contributed by atoms with E-state index >= 15 is 4.39 Å². The van der Waals surface area contributed by atoms with Gasteiger partial charge in [0, 0.05) is 12.7 Å². The van der Waals surface area contributed by atoms with E-state index in [-0.39, 0.29) is 47.1 Å². The molecule has 35 heavy (non-hydrogen) atoms. The van der Waals surface area contributed by atoms with Gasteiger partial charge in [0.05, 0.1) is 41.4 Å². The predicted octanol–water partition coefficient (Wildman–Crippen LogP) is 0.857. The molecule has 180 valence electrons. The average molecular weight is 481 g/mol. The van der Waals surface area contributed by atoms with Crippen LogP contribution in [0.3, 0.4) is 0 Å². The van der Waals surface area contributed by atoms with Gasteiger partial charge in [-0.3, -0.25) is 19.7 Å². The number of piperidine rings is 1. The number of benzene rings is 1. The van der Waals surface area contributed by atoms with Crippen molar-refractivity contribution in [3.63, 3.8) is 0 Å². The highest BCUT2D eigenvalue weighted by Crippen LogP contribution is 2.50. The molecule has 1 unspecified atom stereocenters. The number of aromatic nitrogens is 3. The van der Waals surface area contributed by atoms with Crippen molar-refractivity contribution in [3.05, 3.63) is 40.2 Å². The number of amides is 2. The fourth-order valence-corrected chi connectivity index (χ4v) is 5.85. The van der Waals surface area contributed by atoms with Crippen molar-refractivity contribution < 1.29 is 28.0 Å². The van der Waals surface area contributed by atoms with Crippen molar-refractivity contribution in [1.82, 2.24) is 20.4 Å². The van der Waals surface area contributed by atoms with Gasteiger partial charge in [0.2, 0.25) is 17.4 Å². The summed E-state index contributed by atoms with van der Waals surface area (Å²) in [6.45, 7) is 3.78. The molecule has 4 atom stereocenters. The molecule has 0 saturated carbocycles. The van der Waals surface area contributed by atoms with Gasteiger partial charge in [-0.25, -0.2) is 14.2 Å². The Morgan fingerprint density at radius 3 is 2.77 bits per heavy atom. The quantitative estimate of drug-likeness (QED) is 0.381. The third-order valence-electron chi connectivity index (χ3n) is 7.11. The summed E-state index contributed by atoms with van der Waals surface area (Å²) < 4.78 is 27.4. The van der Waals surface area contributed by atoms with Crippen molar-refractivity contribution in [2.75, 3.05) is 11.4 Å². The molecule has 1 aromatic carbocycles. The van der Waals surface area contributed by atoms with Gasteiger partial charge in [0.15, 0.2) is 11.6 Å². The highest BCUT2D eigenvalue weighted by Gasteiger charge is 2.62. The van der Waals surface area contributed by atoms with E-state index in [2.05, 4.69) is 20.4 Å². The second-order valence-corrected chi connectivity index (χ2v) is 9.27. The molecule has 3 aromatic rings. The summed E-state index contributed by atoms with van der Waals surface area (Å²) in [6.07, 6.45) is -0.197. The first-order valence-electron chi connectivity index (χ1n) is 11.2. The lowest BCUT2D eigenvalue weighted by atomic mass is 9.63. The summed E-state index contributed by atoms with van der Waals surface area (Å²) >= 11 is 0. The maximum atomic E-state index is 16.1. The number of anilines is 1. The van der Waals surface area contributed by atoms with Crippen LogP contribution in [0, 0.1) is 11.2 Å². The van der Waals surface area contributed by atoms with Crippen LogP contribution in [0.25, 0.3) is 22.4 Å². The Balaban J connectivity index is 1.61. The molecule has 0 aliphatic carbocycles. The number of aromatic amines is 1. The number of nitrogens with zero attached hydrogens (tertiary/aromatic N) is 3. The Kier molecular flexibility index (Phi) is 4.49. The Morgan fingerprint density at radius 1 is 1.23 bits per heavy atom. The van der Waals surface area contributed by atoms with E-state index in [0.717, 1.165) is 0 Å². The summed E-state index contributed by atoms with van der Waals surface area (Å²) in [5, 5.41) is 6.54. The third-order valence-corrected chi connectivity index (χ3v) is 7.11. The summed E-state index contributed by atoms with van der Waals surface area (Å²) in [5.41, 5.74) is -1.29. The number of hydrogen-bond donors (Lipinski definition) is 2. The molecule has 2 saturated heterocycles. The molecule has 6 rings (SSSR count).